The summed E-state index contributed by atoms with van der Waals surface area (Å²) < 4.78 is 47.2. The minimum atomic E-state index is -4.82. The second kappa shape index (κ2) is 16.1. The molecule has 0 spiro atoms. The zero-order valence-electron chi connectivity index (χ0n) is 26.0. The third-order valence-electron chi connectivity index (χ3n) is 7.17. The number of anilines is 2. The fourth-order valence-electron chi connectivity index (χ4n) is 4.97. The molecule has 2 aromatic carbocycles. The predicted octanol–water partition coefficient (Wildman–Crippen LogP) is 6.48. The van der Waals surface area contributed by atoms with Gasteiger partial charge < -0.3 is 25.4 Å². The van der Waals surface area contributed by atoms with Crippen molar-refractivity contribution >= 4 is 23.3 Å². The van der Waals surface area contributed by atoms with Gasteiger partial charge in [0.25, 0.3) is 5.91 Å². The van der Waals surface area contributed by atoms with Gasteiger partial charge in [0.2, 0.25) is 11.8 Å². The van der Waals surface area contributed by atoms with Crippen molar-refractivity contribution in [2.24, 2.45) is 0 Å². The Morgan fingerprint density at radius 2 is 1.89 bits per heavy atom. The number of nitrogens with zero attached hydrogens (tertiary/aromatic N) is 3. The number of piperidine rings is 1. The number of aliphatic hydroxyl groups is 1. The predicted molar refractivity (Wildman–Crippen MR) is 167 cm³/mol. The molecule has 3 N–H and O–H groups in total. The number of β-amino-alcohol motifs (C(OH)–C–C–N with tert-alkyl or cyclic N) is 1. The molecule has 0 radical (unpaired) electrons. The van der Waals surface area contributed by atoms with Gasteiger partial charge in [0.05, 0.1) is 12.2 Å². The number of aliphatic hydroxyl groups excluding tert-OH is 1. The van der Waals surface area contributed by atoms with Gasteiger partial charge in [-0.15, -0.1) is 6.58 Å². The summed E-state index contributed by atoms with van der Waals surface area (Å²) in [5.74, 6) is -1.59. The molecule has 0 atom stereocenters. The van der Waals surface area contributed by atoms with Crippen LogP contribution in [0, 0.1) is 6.92 Å². The summed E-state index contributed by atoms with van der Waals surface area (Å²) in [4.78, 5) is 35.2. The molecule has 0 unspecified atom stereocenters. The third kappa shape index (κ3) is 9.35. The molecule has 1 saturated heterocycles. The van der Waals surface area contributed by atoms with Gasteiger partial charge in [-0.05, 0) is 68.5 Å². The first-order chi connectivity index (χ1) is 21.5. The topological polar surface area (TPSA) is 117 Å². The van der Waals surface area contributed by atoms with Crippen molar-refractivity contribution in [3.8, 4) is 11.6 Å². The Kier molecular flexibility index (Phi) is 12.6. The van der Waals surface area contributed by atoms with Crippen LogP contribution in [-0.2, 0) is 12.6 Å². The van der Waals surface area contributed by atoms with Crippen LogP contribution in [0.25, 0.3) is 0 Å². The second-order valence-electron chi connectivity index (χ2n) is 10.3. The van der Waals surface area contributed by atoms with E-state index in [0.29, 0.717) is 41.5 Å². The molecule has 4 rings (SSSR count). The highest BCUT2D eigenvalue weighted by Crippen LogP contribution is 2.38. The van der Waals surface area contributed by atoms with Crippen molar-refractivity contribution in [3.63, 3.8) is 0 Å². The van der Waals surface area contributed by atoms with Gasteiger partial charge >= 0.3 is 6.18 Å². The number of halogens is 3. The molecule has 3 aromatic rings. The molecule has 45 heavy (non-hydrogen) atoms. The van der Waals surface area contributed by atoms with Gasteiger partial charge in [-0.25, -0.2) is 4.98 Å². The Bertz CT molecular complexity index is 1490. The summed E-state index contributed by atoms with van der Waals surface area (Å²) in [5, 5.41) is 15.0. The average molecular weight is 628 g/mol. The SMILES string of the molecule is C=CCc1cccc(Oc2nc(Nc3ccc(C(=O)NC4CCN(CCO)CC4)cc3C)ncc2C(F)(F)F)c1C(C)=O.CC. The van der Waals surface area contributed by atoms with Gasteiger partial charge in [0, 0.05) is 43.1 Å². The lowest BCUT2D eigenvalue weighted by atomic mass is 10.0. The summed E-state index contributed by atoms with van der Waals surface area (Å²) in [7, 11) is 0. The van der Waals surface area contributed by atoms with Crippen LogP contribution in [0.2, 0.25) is 0 Å². The van der Waals surface area contributed by atoms with E-state index in [-0.39, 0.29) is 41.6 Å². The van der Waals surface area contributed by atoms with Crippen molar-refractivity contribution in [1.29, 1.82) is 0 Å². The van der Waals surface area contributed by atoms with E-state index in [4.69, 9.17) is 9.84 Å². The minimum absolute atomic E-state index is 0.0282. The zero-order valence-corrected chi connectivity index (χ0v) is 26.0. The number of alkyl halides is 3. The molecule has 0 bridgehead atoms. The number of ether oxygens (including phenoxy) is 1. The van der Waals surface area contributed by atoms with Crippen molar-refractivity contribution in [2.75, 3.05) is 31.6 Å². The highest BCUT2D eigenvalue weighted by atomic mass is 19.4. The number of aromatic nitrogens is 2. The number of hydrogen-bond donors (Lipinski definition) is 3. The monoisotopic (exact) mass is 627 g/mol. The Hall–Kier alpha value is -4.29. The van der Waals surface area contributed by atoms with Crippen molar-refractivity contribution < 1.29 is 32.6 Å². The van der Waals surface area contributed by atoms with E-state index in [1.54, 1.807) is 43.3 Å². The molecule has 12 heteroatoms. The maximum Gasteiger partial charge on any atom is 0.423 e. The van der Waals surface area contributed by atoms with Crippen molar-refractivity contribution in [3.05, 3.63) is 83.1 Å². The second-order valence-corrected chi connectivity index (χ2v) is 10.3. The van der Waals surface area contributed by atoms with Gasteiger partial charge in [0.1, 0.15) is 11.3 Å². The zero-order chi connectivity index (χ0) is 33.1. The lowest BCUT2D eigenvalue weighted by Gasteiger charge is -2.31. The number of ketones is 1. The maximum absolute atomic E-state index is 13.9. The van der Waals surface area contributed by atoms with Crippen LogP contribution in [0.5, 0.6) is 11.6 Å². The molecule has 0 saturated carbocycles. The fourth-order valence-corrected chi connectivity index (χ4v) is 4.97. The molecule has 2 heterocycles. The molecule has 242 valence electrons. The van der Waals surface area contributed by atoms with Crippen LogP contribution in [0.1, 0.15) is 71.0 Å². The quantitative estimate of drug-likeness (QED) is 0.163. The normalized spacial score (nSPS) is 13.8. The fraction of sp³-hybridized carbons (Fsp3) is 0.394. The number of allylic oxidation sites excluding steroid dienone is 1. The van der Waals surface area contributed by atoms with E-state index in [9.17, 15) is 22.8 Å². The lowest BCUT2D eigenvalue weighted by Crippen LogP contribution is -2.45. The largest absolute Gasteiger partial charge is 0.437 e. The molecule has 1 fully saturated rings. The number of carbonyl (C=O) groups excluding carboxylic acids is 2. The molecule has 1 aliphatic heterocycles. The first-order valence-electron chi connectivity index (χ1n) is 14.9. The van der Waals surface area contributed by atoms with Gasteiger partial charge in [-0.2, -0.15) is 18.2 Å². The molecular formula is C33H40F3N5O4. The molecule has 1 amide bonds. The number of rotatable bonds is 11. The van der Waals surface area contributed by atoms with Gasteiger partial charge in [-0.1, -0.05) is 32.1 Å². The van der Waals surface area contributed by atoms with Crippen molar-refractivity contribution in [2.45, 2.75) is 59.2 Å². The summed E-state index contributed by atoms with van der Waals surface area (Å²) in [5.41, 5.74) is 1.07. The molecule has 1 aliphatic rings. The highest BCUT2D eigenvalue weighted by molar-refractivity contribution is 5.98. The Morgan fingerprint density at radius 3 is 2.49 bits per heavy atom. The Labute approximate surface area is 261 Å². The average Bonchev–Trinajstić information content (AvgIpc) is 3.00. The summed E-state index contributed by atoms with van der Waals surface area (Å²) >= 11 is 0. The number of Topliss-reactive ketones (excluding diaryl/α,β-unsaturated/α-hetero) is 1. The third-order valence-corrected chi connectivity index (χ3v) is 7.17. The number of nitrogens with one attached hydrogen (secondary N) is 2. The summed E-state index contributed by atoms with van der Waals surface area (Å²) in [6, 6.07) is 9.60. The number of hydrogen-bond acceptors (Lipinski definition) is 8. The number of benzene rings is 2. The Balaban J connectivity index is 0.00000271. The van der Waals surface area contributed by atoms with E-state index in [1.165, 1.54) is 13.0 Å². The van der Waals surface area contributed by atoms with E-state index in [0.717, 1.165) is 25.9 Å². The van der Waals surface area contributed by atoms with Crippen LogP contribution < -0.4 is 15.4 Å². The molecule has 0 aliphatic carbocycles. The standard InChI is InChI=1S/C31H34F3N5O4.C2H6/c1-4-6-21-7-5-8-26(27(21)20(3)41)43-29-24(31(32,33)34)18-35-30(38-29)37-25-10-9-22(17-19(25)2)28(42)36-23-11-13-39(14-12-23)15-16-40;1-2/h4-5,7-10,17-18,23,40H,1,6,11-16H2,2-3H3,(H,36,42)(H,35,37,38);1-2H3. The number of amides is 1. The number of likely N-dealkylation sites (tertiary alicyclic amines) is 1. The van der Waals surface area contributed by atoms with E-state index in [2.05, 4.69) is 32.1 Å². The number of carbonyl (C=O) groups is 2. The van der Waals surface area contributed by atoms with Crippen LogP contribution in [0.4, 0.5) is 24.8 Å². The van der Waals surface area contributed by atoms with Gasteiger partial charge in [-0.3, -0.25) is 9.59 Å². The Morgan fingerprint density at radius 1 is 1.18 bits per heavy atom. The highest BCUT2D eigenvalue weighted by Gasteiger charge is 2.37. The lowest BCUT2D eigenvalue weighted by molar-refractivity contribution is -0.139. The van der Waals surface area contributed by atoms with Crippen LogP contribution in [0.15, 0.2) is 55.3 Å². The first kappa shape index (κ1) is 35.2. The number of aryl methyl sites for hydroxylation is 1. The molecule has 1 aromatic heterocycles. The van der Waals surface area contributed by atoms with E-state index < -0.39 is 17.6 Å². The van der Waals surface area contributed by atoms with E-state index >= 15 is 0 Å². The first-order valence-corrected chi connectivity index (χ1v) is 14.9. The van der Waals surface area contributed by atoms with Crippen molar-refractivity contribution in [1.82, 2.24) is 20.2 Å². The smallest absolute Gasteiger partial charge is 0.423 e. The molecule has 9 nitrogen and oxygen atoms in total. The minimum Gasteiger partial charge on any atom is -0.437 e. The van der Waals surface area contributed by atoms with Crippen LogP contribution >= 0.6 is 0 Å². The van der Waals surface area contributed by atoms with Gasteiger partial charge in [0.15, 0.2) is 5.78 Å². The van der Waals surface area contributed by atoms with E-state index in [1.807, 2.05) is 13.8 Å². The van der Waals surface area contributed by atoms with Crippen LogP contribution in [0.3, 0.4) is 0 Å². The summed E-state index contributed by atoms with van der Waals surface area (Å²) in [6.45, 7) is 13.0. The summed E-state index contributed by atoms with van der Waals surface area (Å²) in [6.07, 6.45) is -0.719. The maximum atomic E-state index is 13.9. The molecular weight excluding hydrogens is 587 g/mol. The van der Waals surface area contributed by atoms with Crippen LogP contribution in [-0.4, -0.2) is 63.9 Å².